The second kappa shape index (κ2) is 6.02. The Labute approximate surface area is 113 Å². The van der Waals surface area contributed by atoms with Crippen molar-refractivity contribution < 1.29 is 13.5 Å². The standard InChI is InChI=1S/C12H21N3O3S/c1-19(17,18)12-8-14-15(9-12)6-2-3-11(16)7-13-10-4-5-10/h8-11,13,16H,2-7H2,1H3. The van der Waals surface area contributed by atoms with Gasteiger partial charge < -0.3 is 10.4 Å². The molecule has 1 unspecified atom stereocenters. The smallest absolute Gasteiger partial charge is 0.178 e. The summed E-state index contributed by atoms with van der Waals surface area (Å²) in [5.74, 6) is 0. The molecular formula is C12H21N3O3S. The van der Waals surface area contributed by atoms with Crippen molar-refractivity contribution in [2.75, 3.05) is 12.8 Å². The molecule has 1 heterocycles. The van der Waals surface area contributed by atoms with Crippen molar-refractivity contribution in [3.8, 4) is 0 Å². The average molecular weight is 287 g/mol. The summed E-state index contributed by atoms with van der Waals surface area (Å²) in [5.41, 5.74) is 0. The maximum Gasteiger partial charge on any atom is 0.178 e. The first-order chi connectivity index (χ1) is 8.95. The molecule has 1 aliphatic rings. The van der Waals surface area contributed by atoms with Gasteiger partial charge in [0.2, 0.25) is 0 Å². The Morgan fingerprint density at radius 2 is 2.32 bits per heavy atom. The van der Waals surface area contributed by atoms with Crippen LogP contribution in [0.25, 0.3) is 0 Å². The van der Waals surface area contributed by atoms with Crippen molar-refractivity contribution in [3.63, 3.8) is 0 Å². The lowest BCUT2D eigenvalue weighted by Crippen LogP contribution is -2.28. The number of aromatic nitrogens is 2. The van der Waals surface area contributed by atoms with Crippen molar-refractivity contribution in [2.45, 2.75) is 49.3 Å². The molecule has 0 aliphatic heterocycles. The molecule has 108 valence electrons. The first-order valence-electron chi connectivity index (χ1n) is 6.59. The first kappa shape index (κ1) is 14.5. The van der Waals surface area contributed by atoms with E-state index in [-0.39, 0.29) is 11.0 Å². The van der Waals surface area contributed by atoms with E-state index in [9.17, 15) is 13.5 Å². The number of nitrogens with one attached hydrogen (secondary N) is 1. The Balaban J connectivity index is 1.68. The van der Waals surface area contributed by atoms with E-state index >= 15 is 0 Å². The number of nitrogens with zero attached hydrogens (tertiary/aromatic N) is 2. The lowest BCUT2D eigenvalue weighted by molar-refractivity contribution is 0.156. The molecule has 1 aromatic rings. The van der Waals surface area contributed by atoms with Gasteiger partial charge in [0.1, 0.15) is 4.90 Å². The van der Waals surface area contributed by atoms with Crippen LogP contribution in [0.4, 0.5) is 0 Å². The van der Waals surface area contributed by atoms with Gasteiger partial charge in [-0.15, -0.1) is 0 Å². The number of sulfone groups is 1. The Kier molecular flexibility index (Phi) is 4.59. The number of hydrogen-bond donors (Lipinski definition) is 2. The molecule has 0 bridgehead atoms. The predicted octanol–water partition coefficient (Wildman–Crippen LogP) is 0.180. The van der Waals surface area contributed by atoms with E-state index in [0.717, 1.165) is 6.42 Å². The van der Waals surface area contributed by atoms with Gasteiger partial charge in [-0.25, -0.2) is 8.42 Å². The summed E-state index contributed by atoms with van der Waals surface area (Å²) in [6.07, 6.45) is 7.62. The molecule has 19 heavy (non-hydrogen) atoms. The van der Waals surface area contributed by atoms with Crippen LogP contribution in [-0.4, -0.2) is 48.3 Å². The molecule has 6 nitrogen and oxygen atoms in total. The van der Waals surface area contributed by atoms with E-state index in [1.165, 1.54) is 31.5 Å². The van der Waals surface area contributed by atoms with E-state index in [1.54, 1.807) is 4.68 Å². The molecule has 1 saturated carbocycles. The lowest BCUT2D eigenvalue weighted by atomic mass is 10.2. The maximum atomic E-state index is 11.3. The highest BCUT2D eigenvalue weighted by Crippen LogP contribution is 2.18. The van der Waals surface area contributed by atoms with Crippen LogP contribution in [0.5, 0.6) is 0 Å². The molecule has 1 atom stereocenters. The van der Waals surface area contributed by atoms with Crippen molar-refractivity contribution in [1.29, 1.82) is 0 Å². The van der Waals surface area contributed by atoms with Gasteiger partial charge in [-0.1, -0.05) is 0 Å². The van der Waals surface area contributed by atoms with Gasteiger partial charge in [-0.3, -0.25) is 4.68 Å². The predicted molar refractivity (Wildman–Crippen MR) is 71.6 cm³/mol. The fourth-order valence-corrected chi connectivity index (χ4v) is 2.39. The normalized spacial score (nSPS) is 17.6. The van der Waals surface area contributed by atoms with E-state index in [4.69, 9.17) is 0 Å². The molecule has 0 aromatic carbocycles. The minimum Gasteiger partial charge on any atom is -0.392 e. The minimum atomic E-state index is -3.18. The van der Waals surface area contributed by atoms with Gasteiger partial charge in [-0.2, -0.15) is 5.10 Å². The molecule has 0 saturated heterocycles. The molecule has 1 fully saturated rings. The molecule has 2 rings (SSSR count). The summed E-state index contributed by atoms with van der Waals surface area (Å²) in [7, 11) is -3.18. The number of aliphatic hydroxyl groups excluding tert-OH is 1. The van der Waals surface area contributed by atoms with Crippen LogP contribution < -0.4 is 5.32 Å². The highest BCUT2D eigenvalue weighted by molar-refractivity contribution is 7.90. The lowest BCUT2D eigenvalue weighted by Gasteiger charge is -2.11. The minimum absolute atomic E-state index is 0.239. The Morgan fingerprint density at radius 3 is 2.89 bits per heavy atom. The molecular weight excluding hydrogens is 266 g/mol. The Hall–Kier alpha value is -0.920. The Bertz CT molecular complexity index is 508. The zero-order valence-corrected chi connectivity index (χ0v) is 11.9. The fraction of sp³-hybridized carbons (Fsp3) is 0.750. The Morgan fingerprint density at radius 1 is 1.58 bits per heavy atom. The topological polar surface area (TPSA) is 84.2 Å². The summed E-state index contributed by atoms with van der Waals surface area (Å²) in [4.78, 5) is 0.239. The molecule has 1 aliphatic carbocycles. The van der Waals surface area contributed by atoms with E-state index in [1.807, 2.05) is 0 Å². The van der Waals surface area contributed by atoms with E-state index in [0.29, 0.717) is 25.6 Å². The van der Waals surface area contributed by atoms with Crippen molar-refractivity contribution >= 4 is 9.84 Å². The molecule has 7 heteroatoms. The largest absolute Gasteiger partial charge is 0.392 e. The van der Waals surface area contributed by atoms with Gasteiger partial charge in [0.15, 0.2) is 9.84 Å². The van der Waals surface area contributed by atoms with Gasteiger partial charge in [0.05, 0.1) is 12.3 Å². The molecule has 1 aromatic heterocycles. The van der Waals surface area contributed by atoms with Gasteiger partial charge >= 0.3 is 0 Å². The monoisotopic (exact) mass is 287 g/mol. The number of hydrogen-bond acceptors (Lipinski definition) is 5. The summed E-state index contributed by atoms with van der Waals surface area (Å²) >= 11 is 0. The fourth-order valence-electron chi connectivity index (χ4n) is 1.84. The van der Waals surface area contributed by atoms with Crippen LogP contribution in [-0.2, 0) is 16.4 Å². The zero-order chi connectivity index (χ0) is 13.9. The first-order valence-corrected chi connectivity index (χ1v) is 8.48. The van der Waals surface area contributed by atoms with Gasteiger partial charge in [0, 0.05) is 31.6 Å². The third-order valence-electron chi connectivity index (χ3n) is 3.18. The quantitative estimate of drug-likeness (QED) is 0.712. The SMILES string of the molecule is CS(=O)(=O)c1cnn(CCCC(O)CNC2CC2)c1. The maximum absolute atomic E-state index is 11.3. The number of aliphatic hydroxyl groups is 1. The van der Waals surface area contributed by atoms with Crippen LogP contribution in [0.3, 0.4) is 0 Å². The molecule has 0 spiro atoms. The average Bonchev–Trinajstić information content (AvgIpc) is 3.02. The van der Waals surface area contributed by atoms with E-state index in [2.05, 4.69) is 10.4 Å². The van der Waals surface area contributed by atoms with Gasteiger partial charge in [0.25, 0.3) is 0 Å². The highest BCUT2D eigenvalue weighted by atomic mass is 32.2. The van der Waals surface area contributed by atoms with Crippen LogP contribution in [0, 0.1) is 0 Å². The number of aryl methyl sites for hydroxylation is 1. The molecule has 0 radical (unpaired) electrons. The third-order valence-corrected chi connectivity index (χ3v) is 4.25. The van der Waals surface area contributed by atoms with Crippen LogP contribution in [0.2, 0.25) is 0 Å². The van der Waals surface area contributed by atoms with Crippen molar-refractivity contribution in [1.82, 2.24) is 15.1 Å². The van der Waals surface area contributed by atoms with E-state index < -0.39 is 9.84 Å². The van der Waals surface area contributed by atoms with Crippen LogP contribution >= 0.6 is 0 Å². The highest BCUT2D eigenvalue weighted by Gasteiger charge is 2.21. The third kappa shape index (κ3) is 4.93. The zero-order valence-electron chi connectivity index (χ0n) is 11.1. The molecule has 2 N–H and O–H groups in total. The van der Waals surface area contributed by atoms with Gasteiger partial charge in [-0.05, 0) is 25.7 Å². The summed E-state index contributed by atoms with van der Waals surface area (Å²) in [5, 5.41) is 17.0. The summed E-state index contributed by atoms with van der Waals surface area (Å²) in [6, 6.07) is 0.609. The van der Waals surface area contributed by atoms with Crippen molar-refractivity contribution in [2.24, 2.45) is 0 Å². The van der Waals surface area contributed by atoms with Crippen molar-refractivity contribution in [3.05, 3.63) is 12.4 Å². The molecule has 0 amide bonds. The summed E-state index contributed by atoms with van der Waals surface area (Å²) < 4.78 is 24.2. The van der Waals surface area contributed by atoms with Crippen LogP contribution in [0.15, 0.2) is 17.3 Å². The second-order valence-electron chi connectivity index (χ2n) is 5.19. The van der Waals surface area contributed by atoms with Crippen LogP contribution in [0.1, 0.15) is 25.7 Å². The summed E-state index contributed by atoms with van der Waals surface area (Å²) in [6.45, 7) is 1.26. The number of rotatable bonds is 8. The second-order valence-corrected chi connectivity index (χ2v) is 7.21.